The Hall–Kier alpha value is -2.21. The number of nitrogens with one attached hydrogen (secondary N) is 1. The van der Waals surface area contributed by atoms with Crippen LogP contribution in [-0.4, -0.2) is 20.9 Å². The van der Waals surface area contributed by atoms with Gasteiger partial charge in [0, 0.05) is 37.5 Å². The molecule has 1 aromatic carbocycles. The third kappa shape index (κ3) is 3.38. The summed E-state index contributed by atoms with van der Waals surface area (Å²) in [6.07, 6.45) is 3.58. The van der Waals surface area contributed by atoms with Gasteiger partial charge in [-0.15, -0.1) is 0 Å². The number of aromatic nitrogens is 2. The number of nitrogens with zero attached hydrogens (tertiary/aromatic N) is 2. The molecule has 0 aliphatic heterocycles. The number of hydrogen-bond acceptors (Lipinski definition) is 3. The van der Waals surface area contributed by atoms with Crippen molar-refractivity contribution >= 4 is 5.97 Å². The summed E-state index contributed by atoms with van der Waals surface area (Å²) in [6.45, 7) is 0.812. The molecule has 1 heterocycles. The quantitative estimate of drug-likeness (QED) is 0.858. The number of carboxylic acid groups (broad SMARTS) is 1. The minimum Gasteiger partial charge on any atom is -0.478 e. The van der Waals surface area contributed by atoms with E-state index in [9.17, 15) is 9.18 Å². The molecule has 1 aromatic heterocycles. The van der Waals surface area contributed by atoms with Crippen molar-refractivity contribution in [1.29, 1.82) is 0 Å². The second kappa shape index (κ2) is 5.62. The van der Waals surface area contributed by atoms with E-state index in [4.69, 9.17) is 5.11 Å². The molecular weight excluding hydrogens is 249 g/mol. The van der Waals surface area contributed by atoms with Gasteiger partial charge in [0.15, 0.2) is 0 Å². The van der Waals surface area contributed by atoms with Crippen LogP contribution < -0.4 is 5.32 Å². The van der Waals surface area contributed by atoms with Gasteiger partial charge in [0.05, 0.1) is 11.8 Å². The SMILES string of the molecule is Cn1cc(CNCc2cc(C(=O)O)ccc2F)cn1. The third-order valence-electron chi connectivity index (χ3n) is 2.70. The van der Waals surface area contributed by atoms with Crippen LogP contribution in [0.25, 0.3) is 0 Å². The molecule has 0 fully saturated rings. The Morgan fingerprint density at radius 2 is 2.26 bits per heavy atom. The largest absolute Gasteiger partial charge is 0.478 e. The van der Waals surface area contributed by atoms with Gasteiger partial charge in [-0.05, 0) is 18.2 Å². The third-order valence-corrected chi connectivity index (χ3v) is 2.70. The standard InChI is InChI=1S/C13H14FN3O2/c1-17-8-9(6-16-17)5-15-7-11-4-10(13(18)19)2-3-12(11)14/h2-4,6,8,15H,5,7H2,1H3,(H,18,19). The molecule has 19 heavy (non-hydrogen) atoms. The van der Waals surface area contributed by atoms with E-state index in [-0.39, 0.29) is 12.1 Å². The molecule has 2 rings (SSSR count). The van der Waals surface area contributed by atoms with Crippen LogP contribution in [0.1, 0.15) is 21.5 Å². The first-order chi connectivity index (χ1) is 9.06. The van der Waals surface area contributed by atoms with Gasteiger partial charge >= 0.3 is 5.97 Å². The molecular formula is C13H14FN3O2. The number of hydrogen-bond donors (Lipinski definition) is 2. The second-order valence-electron chi connectivity index (χ2n) is 4.24. The number of carboxylic acids is 1. The lowest BCUT2D eigenvalue weighted by atomic mass is 10.1. The summed E-state index contributed by atoms with van der Waals surface area (Å²) in [5, 5.41) is 15.9. The van der Waals surface area contributed by atoms with Gasteiger partial charge in [-0.1, -0.05) is 0 Å². The van der Waals surface area contributed by atoms with E-state index in [1.165, 1.54) is 18.2 Å². The predicted molar refractivity (Wildman–Crippen MR) is 67.1 cm³/mol. The molecule has 0 saturated carbocycles. The molecule has 0 saturated heterocycles. The minimum atomic E-state index is -1.06. The van der Waals surface area contributed by atoms with Crippen LogP contribution in [0.2, 0.25) is 0 Å². The molecule has 2 aromatic rings. The molecule has 0 amide bonds. The molecule has 0 bridgehead atoms. The fourth-order valence-corrected chi connectivity index (χ4v) is 1.75. The Bertz CT molecular complexity index is 595. The van der Waals surface area contributed by atoms with Crippen molar-refractivity contribution in [3.63, 3.8) is 0 Å². The number of aryl methyl sites for hydroxylation is 1. The van der Waals surface area contributed by atoms with E-state index in [1.54, 1.807) is 10.9 Å². The summed E-state index contributed by atoms with van der Waals surface area (Å²) in [6, 6.07) is 3.76. The van der Waals surface area contributed by atoms with Crippen molar-refractivity contribution in [2.75, 3.05) is 0 Å². The lowest BCUT2D eigenvalue weighted by Gasteiger charge is -2.06. The van der Waals surface area contributed by atoms with Gasteiger partial charge < -0.3 is 10.4 Å². The van der Waals surface area contributed by atoms with Gasteiger partial charge in [-0.25, -0.2) is 9.18 Å². The van der Waals surface area contributed by atoms with Crippen LogP contribution in [0.3, 0.4) is 0 Å². The van der Waals surface area contributed by atoms with Crippen LogP contribution in [0, 0.1) is 5.82 Å². The highest BCUT2D eigenvalue weighted by molar-refractivity contribution is 5.87. The first-order valence-electron chi connectivity index (χ1n) is 5.76. The van der Waals surface area contributed by atoms with E-state index >= 15 is 0 Å². The summed E-state index contributed by atoms with van der Waals surface area (Å²) >= 11 is 0. The maximum Gasteiger partial charge on any atom is 0.335 e. The van der Waals surface area contributed by atoms with Crippen LogP contribution in [0.4, 0.5) is 4.39 Å². The van der Waals surface area contributed by atoms with E-state index < -0.39 is 11.8 Å². The zero-order valence-corrected chi connectivity index (χ0v) is 10.4. The van der Waals surface area contributed by atoms with E-state index in [1.807, 2.05) is 13.2 Å². The Kier molecular flexibility index (Phi) is 3.91. The number of rotatable bonds is 5. The Morgan fingerprint density at radius 3 is 2.89 bits per heavy atom. The topological polar surface area (TPSA) is 67.2 Å². The highest BCUT2D eigenvalue weighted by atomic mass is 19.1. The highest BCUT2D eigenvalue weighted by Gasteiger charge is 2.08. The lowest BCUT2D eigenvalue weighted by molar-refractivity contribution is 0.0696. The number of carbonyl (C=O) groups is 1. The maximum absolute atomic E-state index is 13.5. The van der Waals surface area contributed by atoms with Gasteiger partial charge in [0.25, 0.3) is 0 Å². The van der Waals surface area contributed by atoms with Crippen molar-refractivity contribution in [3.05, 3.63) is 53.1 Å². The molecule has 2 N–H and O–H groups in total. The summed E-state index contributed by atoms with van der Waals surface area (Å²) in [5.41, 5.74) is 1.40. The molecule has 100 valence electrons. The zero-order valence-electron chi connectivity index (χ0n) is 10.4. The average molecular weight is 263 g/mol. The van der Waals surface area contributed by atoms with Crippen molar-refractivity contribution in [2.24, 2.45) is 7.05 Å². The summed E-state index contributed by atoms with van der Waals surface area (Å²) in [5.74, 6) is -1.47. The van der Waals surface area contributed by atoms with Crippen molar-refractivity contribution in [3.8, 4) is 0 Å². The van der Waals surface area contributed by atoms with E-state index in [0.717, 1.165) is 5.56 Å². The molecule has 0 unspecified atom stereocenters. The summed E-state index contributed by atoms with van der Waals surface area (Å²) in [7, 11) is 1.82. The molecule has 0 radical (unpaired) electrons. The number of aromatic carboxylic acids is 1. The fraction of sp³-hybridized carbons (Fsp3) is 0.231. The fourth-order valence-electron chi connectivity index (χ4n) is 1.75. The van der Waals surface area contributed by atoms with Gasteiger partial charge in [0.2, 0.25) is 0 Å². The number of halogens is 1. The van der Waals surface area contributed by atoms with Crippen molar-refractivity contribution in [1.82, 2.24) is 15.1 Å². The van der Waals surface area contributed by atoms with Crippen LogP contribution in [-0.2, 0) is 20.1 Å². The monoisotopic (exact) mass is 263 g/mol. The Labute approximate surface area is 109 Å². The van der Waals surface area contributed by atoms with Crippen LogP contribution >= 0.6 is 0 Å². The Morgan fingerprint density at radius 1 is 1.47 bits per heavy atom. The first-order valence-corrected chi connectivity index (χ1v) is 5.76. The maximum atomic E-state index is 13.5. The predicted octanol–water partition coefficient (Wildman–Crippen LogP) is 1.55. The molecule has 6 heteroatoms. The average Bonchev–Trinajstić information content (AvgIpc) is 2.77. The zero-order chi connectivity index (χ0) is 13.8. The van der Waals surface area contributed by atoms with E-state index in [0.29, 0.717) is 12.1 Å². The molecule has 0 aliphatic rings. The van der Waals surface area contributed by atoms with Crippen molar-refractivity contribution in [2.45, 2.75) is 13.1 Å². The van der Waals surface area contributed by atoms with Crippen LogP contribution in [0.15, 0.2) is 30.6 Å². The lowest BCUT2D eigenvalue weighted by Crippen LogP contribution is -2.14. The van der Waals surface area contributed by atoms with Gasteiger partial charge in [0.1, 0.15) is 5.82 Å². The van der Waals surface area contributed by atoms with Crippen molar-refractivity contribution < 1.29 is 14.3 Å². The molecule has 5 nitrogen and oxygen atoms in total. The number of benzene rings is 1. The summed E-state index contributed by atoms with van der Waals surface area (Å²) in [4.78, 5) is 10.8. The summed E-state index contributed by atoms with van der Waals surface area (Å²) < 4.78 is 15.2. The van der Waals surface area contributed by atoms with Gasteiger partial charge in [-0.3, -0.25) is 4.68 Å². The highest BCUT2D eigenvalue weighted by Crippen LogP contribution is 2.11. The van der Waals surface area contributed by atoms with E-state index in [2.05, 4.69) is 10.4 Å². The molecule has 0 atom stereocenters. The van der Waals surface area contributed by atoms with Gasteiger partial charge in [-0.2, -0.15) is 5.10 Å². The second-order valence-corrected chi connectivity index (χ2v) is 4.24. The molecule has 0 spiro atoms. The smallest absolute Gasteiger partial charge is 0.335 e. The molecule has 0 aliphatic carbocycles. The minimum absolute atomic E-state index is 0.0829. The Balaban J connectivity index is 1.99. The normalized spacial score (nSPS) is 10.6. The van der Waals surface area contributed by atoms with Crippen LogP contribution in [0.5, 0.6) is 0 Å². The first kappa shape index (κ1) is 13.2.